The number of nitrogens with zero attached hydrogens (tertiary/aromatic N) is 2. The first-order valence-corrected chi connectivity index (χ1v) is 10.1. The summed E-state index contributed by atoms with van der Waals surface area (Å²) in [6.45, 7) is 6.29. The lowest BCUT2D eigenvalue weighted by molar-refractivity contribution is -0.117. The minimum absolute atomic E-state index is 0.0519. The van der Waals surface area contributed by atoms with Gasteiger partial charge in [-0.15, -0.1) is 0 Å². The molecule has 1 aliphatic heterocycles. The van der Waals surface area contributed by atoms with E-state index in [0.29, 0.717) is 23.0 Å². The molecular weight excluding hydrogens is 368 g/mol. The van der Waals surface area contributed by atoms with Crippen molar-refractivity contribution in [3.8, 4) is 0 Å². The maximum atomic E-state index is 12.5. The van der Waals surface area contributed by atoms with Crippen molar-refractivity contribution in [3.63, 3.8) is 0 Å². The highest BCUT2D eigenvalue weighted by molar-refractivity contribution is 6.04. The van der Waals surface area contributed by atoms with Crippen LogP contribution < -0.4 is 10.6 Å². The highest BCUT2D eigenvalue weighted by Crippen LogP contribution is 2.38. The van der Waals surface area contributed by atoms with Crippen molar-refractivity contribution in [1.82, 2.24) is 9.88 Å². The van der Waals surface area contributed by atoms with Gasteiger partial charge in [0.25, 0.3) is 5.91 Å². The molecule has 2 N–H and O–H groups in total. The zero-order valence-corrected chi connectivity index (χ0v) is 16.6. The summed E-state index contributed by atoms with van der Waals surface area (Å²) in [6, 6.07) is 10.7. The molecule has 1 aliphatic carbocycles. The predicted molar refractivity (Wildman–Crippen MR) is 111 cm³/mol. The van der Waals surface area contributed by atoms with E-state index in [9.17, 15) is 9.59 Å². The molecule has 152 valence electrons. The fourth-order valence-electron chi connectivity index (χ4n) is 3.43. The monoisotopic (exact) mass is 394 g/mol. The average molecular weight is 394 g/mol. The van der Waals surface area contributed by atoms with Gasteiger partial charge in [0.15, 0.2) is 0 Å². The Bertz CT molecular complexity index is 861. The molecule has 0 bridgehead atoms. The number of nitrogens with one attached hydrogen (secondary N) is 2. The molecule has 2 amide bonds. The zero-order valence-electron chi connectivity index (χ0n) is 16.6. The van der Waals surface area contributed by atoms with E-state index in [1.165, 1.54) is 0 Å². The lowest BCUT2D eigenvalue weighted by Crippen LogP contribution is -2.35. The number of ether oxygens (including phenoxy) is 1. The summed E-state index contributed by atoms with van der Waals surface area (Å²) in [5.74, 6) is 0.923. The van der Waals surface area contributed by atoms with Crippen LogP contribution in [0.5, 0.6) is 0 Å². The van der Waals surface area contributed by atoms with Crippen LogP contribution in [-0.4, -0.2) is 48.0 Å². The molecule has 1 aromatic heterocycles. The Balaban J connectivity index is 1.29. The predicted octanol–water partition coefficient (Wildman–Crippen LogP) is 2.76. The van der Waals surface area contributed by atoms with Crippen LogP contribution in [0, 0.1) is 11.8 Å². The number of rotatable bonds is 6. The minimum atomic E-state index is -0.230. The number of benzene rings is 1. The lowest BCUT2D eigenvalue weighted by atomic mass is 10.2. The number of morpholine rings is 1. The fraction of sp³-hybridized carbons (Fsp3) is 0.409. The summed E-state index contributed by atoms with van der Waals surface area (Å²) < 4.78 is 5.36. The van der Waals surface area contributed by atoms with E-state index in [1.807, 2.05) is 12.1 Å². The maximum absolute atomic E-state index is 12.5. The molecule has 2 fully saturated rings. The number of amides is 2. The molecule has 1 saturated heterocycles. The summed E-state index contributed by atoms with van der Waals surface area (Å²) in [6.07, 6.45) is 2.74. The molecule has 29 heavy (non-hydrogen) atoms. The summed E-state index contributed by atoms with van der Waals surface area (Å²) in [5, 5.41) is 5.71. The Morgan fingerprint density at radius 3 is 2.45 bits per heavy atom. The van der Waals surface area contributed by atoms with Crippen LogP contribution in [-0.2, 0) is 16.1 Å². The van der Waals surface area contributed by atoms with Gasteiger partial charge in [0.1, 0.15) is 5.82 Å². The van der Waals surface area contributed by atoms with Gasteiger partial charge in [0.05, 0.1) is 13.2 Å². The van der Waals surface area contributed by atoms with E-state index in [2.05, 4.69) is 27.4 Å². The first-order chi connectivity index (χ1) is 14.1. The summed E-state index contributed by atoms with van der Waals surface area (Å²) >= 11 is 0. The summed E-state index contributed by atoms with van der Waals surface area (Å²) in [7, 11) is 0. The fourth-order valence-corrected chi connectivity index (χ4v) is 3.43. The van der Waals surface area contributed by atoms with E-state index < -0.39 is 0 Å². The SMILES string of the molecule is C[C@H]1C[C@@H]1C(=O)Nc1ccc(C(=O)Nc2ccc(CN3CCOCC3)cn2)cc1. The third kappa shape index (κ3) is 5.19. The molecule has 0 unspecified atom stereocenters. The summed E-state index contributed by atoms with van der Waals surface area (Å²) in [5.41, 5.74) is 2.33. The Morgan fingerprint density at radius 1 is 1.10 bits per heavy atom. The molecule has 0 radical (unpaired) electrons. The number of carbonyl (C=O) groups is 2. The Hall–Kier alpha value is -2.77. The number of carbonyl (C=O) groups excluding carboxylic acids is 2. The molecule has 2 atom stereocenters. The molecule has 4 rings (SSSR count). The molecule has 1 aromatic carbocycles. The van der Waals surface area contributed by atoms with Gasteiger partial charge in [-0.25, -0.2) is 4.98 Å². The minimum Gasteiger partial charge on any atom is -0.379 e. The first kappa shape index (κ1) is 19.5. The van der Waals surface area contributed by atoms with E-state index in [-0.39, 0.29) is 17.7 Å². The van der Waals surface area contributed by atoms with Gasteiger partial charge in [-0.2, -0.15) is 0 Å². The number of aromatic nitrogens is 1. The van der Waals surface area contributed by atoms with E-state index >= 15 is 0 Å². The van der Waals surface area contributed by atoms with Gasteiger partial charge in [-0.05, 0) is 48.2 Å². The molecule has 1 saturated carbocycles. The zero-order chi connectivity index (χ0) is 20.2. The second-order valence-corrected chi connectivity index (χ2v) is 7.78. The normalized spacial score (nSPS) is 21.4. The Labute approximate surface area is 170 Å². The molecular formula is C22H26N4O3. The largest absolute Gasteiger partial charge is 0.379 e. The Kier molecular flexibility index (Phi) is 5.87. The maximum Gasteiger partial charge on any atom is 0.256 e. The molecule has 2 aromatic rings. The van der Waals surface area contributed by atoms with Crippen molar-refractivity contribution in [1.29, 1.82) is 0 Å². The molecule has 7 nitrogen and oxygen atoms in total. The topological polar surface area (TPSA) is 83.6 Å². The second kappa shape index (κ2) is 8.71. The van der Waals surface area contributed by atoms with Crippen molar-refractivity contribution in [2.45, 2.75) is 19.9 Å². The van der Waals surface area contributed by atoms with Gasteiger partial charge in [0, 0.05) is 43.0 Å². The molecule has 0 spiro atoms. The standard InChI is InChI=1S/C22H26N4O3/c1-15-12-19(15)22(28)24-18-5-3-17(4-6-18)21(27)25-20-7-2-16(13-23-20)14-26-8-10-29-11-9-26/h2-7,13,15,19H,8-12,14H2,1H3,(H,24,28)(H,23,25,27)/t15-,19-/m0/s1. The van der Waals surface area contributed by atoms with Crippen LogP contribution in [0.2, 0.25) is 0 Å². The van der Waals surface area contributed by atoms with Crippen molar-refractivity contribution < 1.29 is 14.3 Å². The van der Waals surface area contributed by atoms with Crippen molar-refractivity contribution >= 4 is 23.3 Å². The van der Waals surface area contributed by atoms with Crippen molar-refractivity contribution in [2.75, 3.05) is 36.9 Å². The second-order valence-electron chi connectivity index (χ2n) is 7.78. The van der Waals surface area contributed by atoms with Crippen LogP contribution in [0.3, 0.4) is 0 Å². The average Bonchev–Trinajstić information content (AvgIpc) is 3.47. The number of pyridine rings is 1. The third-order valence-electron chi connectivity index (χ3n) is 5.44. The highest BCUT2D eigenvalue weighted by atomic mass is 16.5. The van der Waals surface area contributed by atoms with Crippen LogP contribution >= 0.6 is 0 Å². The van der Waals surface area contributed by atoms with Crippen LogP contribution in [0.25, 0.3) is 0 Å². The van der Waals surface area contributed by atoms with E-state index in [0.717, 1.165) is 44.8 Å². The van der Waals surface area contributed by atoms with E-state index in [1.54, 1.807) is 30.5 Å². The summed E-state index contributed by atoms with van der Waals surface area (Å²) in [4.78, 5) is 31.1. The van der Waals surface area contributed by atoms with Gasteiger partial charge in [-0.1, -0.05) is 13.0 Å². The number of anilines is 2. The molecule has 2 aliphatic rings. The van der Waals surface area contributed by atoms with Gasteiger partial charge >= 0.3 is 0 Å². The lowest BCUT2D eigenvalue weighted by Gasteiger charge is -2.26. The molecule has 2 heterocycles. The van der Waals surface area contributed by atoms with Gasteiger partial charge in [0.2, 0.25) is 5.91 Å². The van der Waals surface area contributed by atoms with Crippen molar-refractivity contribution in [3.05, 3.63) is 53.7 Å². The number of hydrogen-bond acceptors (Lipinski definition) is 5. The highest BCUT2D eigenvalue weighted by Gasteiger charge is 2.39. The Morgan fingerprint density at radius 2 is 1.83 bits per heavy atom. The van der Waals surface area contributed by atoms with Gasteiger partial charge in [-0.3, -0.25) is 14.5 Å². The number of hydrogen-bond donors (Lipinski definition) is 2. The van der Waals surface area contributed by atoms with Crippen LogP contribution in [0.15, 0.2) is 42.6 Å². The van der Waals surface area contributed by atoms with E-state index in [4.69, 9.17) is 4.74 Å². The van der Waals surface area contributed by atoms with Crippen LogP contribution in [0.1, 0.15) is 29.3 Å². The van der Waals surface area contributed by atoms with Gasteiger partial charge < -0.3 is 15.4 Å². The molecule has 7 heteroatoms. The van der Waals surface area contributed by atoms with Crippen molar-refractivity contribution in [2.24, 2.45) is 11.8 Å². The van der Waals surface area contributed by atoms with Crippen LogP contribution in [0.4, 0.5) is 11.5 Å². The first-order valence-electron chi connectivity index (χ1n) is 10.1. The quantitative estimate of drug-likeness (QED) is 0.787. The smallest absolute Gasteiger partial charge is 0.256 e. The third-order valence-corrected chi connectivity index (χ3v) is 5.44.